The van der Waals surface area contributed by atoms with E-state index in [0.29, 0.717) is 36.3 Å². The molecule has 0 radical (unpaired) electrons. The Bertz CT molecular complexity index is 988. The topological polar surface area (TPSA) is 61.9 Å². The molecule has 0 spiro atoms. The predicted octanol–water partition coefficient (Wildman–Crippen LogP) is 7.09. The Hall–Kier alpha value is -2.68. The van der Waals surface area contributed by atoms with Crippen LogP contribution in [0.15, 0.2) is 40.9 Å². The van der Waals surface area contributed by atoms with E-state index < -0.39 is 23.1 Å². The van der Waals surface area contributed by atoms with E-state index in [4.69, 9.17) is 4.74 Å². The molecule has 0 unspecified atom stereocenters. The number of piperazine rings is 1. The SMILES string of the molecule is CC.CC.CC(C)(C)OC(=O)N1CCN(c2ccc(NC(=O)c3ccc(Br)cc3F)cc2F)CC1. The van der Waals surface area contributed by atoms with Gasteiger partial charge in [-0.3, -0.25) is 4.79 Å². The molecule has 1 aliphatic heterocycles. The van der Waals surface area contributed by atoms with Crippen molar-refractivity contribution in [1.29, 1.82) is 0 Å². The van der Waals surface area contributed by atoms with Crippen LogP contribution in [0.4, 0.5) is 25.0 Å². The van der Waals surface area contributed by atoms with Crippen LogP contribution in [-0.2, 0) is 4.74 Å². The molecular weight excluding hydrogens is 520 g/mol. The van der Waals surface area contributed by atoms with Gasteiger partial charge >= 0.3 is 6.09 Å². The van der Waals surface area contributed by atoms with Crippen LogP contribution in [0.2, 0.25) is 0 Å². The Balaban J connectivity index is 0.00000145. The highest BCUT2D eigenvalue weighted by atomic mass is 79.9. The average molecular weight is 556 g/mol. The van der Waals surface area contributed by atoms with Crippen LogP contribution < -0.4 is 10.2 Å². The highest BCUT2D eigenvalue weighted by Crippen LogP contribution is 2.25. The molecule has 2 aromatic carbocycles. The second kappa shape index (κ2) is 14.0. The maximum absolute atomic E-state index is 14.7. The van der Waals surface area contributed by atoms with Gasteiger partial charge in [-0.2, -0.15) is 0 Å². The van der Waals surface area contributed by atoms with Gasteiger partial charge in [-0.1, -0.05) is 43.6 Å². The molecule has 2 aromatic rings. The maximum Gasteiger partial charge on any atom is 0.410 e. The van der Waals surface area contributed by atoms with Gasteiger partial charge in [0.2, 0.25) is 0 Å². The first kappa shape index (κ1) is 30.4. The fraction of sp³-hybridized carbons (Fsp3) is 0.462. The molecule has 35 heavy (non-hydrogen) atoms. The van der Waals surface area contributed by atoms with E-state index in [1.54, 1.807) is 23.1 Å². The molecule has 9 heteroatoms. The van der Waals surface area contributed by atoms with E-state index in [9.17, 15) is 18.4 Å². The molecule has 1 aliphatic rings. The van der Waals surface area contributed by atoms with Crippen molar-refractivity contribution in [2.24, 2.45) is 0 Å². The number of benzene rings is 2. The number of nitrogens with one attached hydrogen (secondary N) is 1. The minimum Gasteiger partial charge on any atom is -0.444 e. The van der Waals surface area contributed by atoms with Gasteiger partial charge in [0.25, 0.3) is 5.91 Å². The number of hydrogen-bond donors (Lipinski definition) is 1. The molecule has 0 aliphatic carbocycles. The summed E-state index contributed by atoms with van der Waals surface area (Å²) in [5, 5.41) is 2.51. The van der Waals surface area contributed by atoms with E-state index in [1.165, 1.54) is 18.2 Å². The van der Waals surface area contributed by atoms with Crippen molar-refractivity contribution in [2.75, 3.05) is 36.4 Å². The summed E-state index contributed by atoms with van der Waals surface area (Å²) in [5.41, 5.74) is -0.108. The average Bonchev–Trinajstić information content (AvgIpc) is 2.81. The summed E-state index contributed by atoms with van der Waals surface area (Å²) < 4.78 is 34.6. The molecule has 3 rings (SSSR count). The Morgan fingerprint density at radius 2 is 1.51 bits per heavy atom. The lowest BCUT2D eigenvalue weighted by Crippen LogP contribution is -2.50. The van der Waals surface area contributed by atoms with Crippen molar-refractivity contribution in [3.8, 4) is 0 Å². The summed E-state index contributed by atoms with van der Waals surface area (Å²) in [6.45, 7) is 15.1. The van der Waals surface area contributed by atoms with Crippen molar-refractivity contribution in [3.63, 3.8) is 0 Å². The first-order chi connectivity index (χ1) is 16.5. The fourth-order valence-electron chi connectivity index (χ4n) is 3.17. The third-order valence-electron chi connectivity index (χ3n) is 4.65. The van der Waals surface area contributed by atoms with Gasteiger partial charge in [0.15, 0.2) is 0 Å². The second-order valence-corrected chi connectivity index (χ2v) is 9.11. The Morgan fingerprint density at radius 1 is 0.914 bits per heavy atom. The van der Waals surface area contributed by atoms with Crippen LogP contribution in [-0.4, -0.2) is 48.7 Å². The quantitative estimate of drug-likeness (QED) is 0.439. The van der Waals surface area contributed by atoms with E-state index in [1.807, 2.05) is 53.4 Å². The van der Waals surface area contributed by atoms with Crippen LogP contribution >= 0.6 is 15.9 Å². The number of ether oxygens (including phenoxy) is 1. The van der Waals surface area contributed by atoms with Crippen LogP contribution in [0, 0.1) is 11.6 Å². The van der Waals surface area contributed by atoms with Crippen molar-refractivity contribution in [3.05, 3.63) is 58.1 Å². The monoisotopic (exact) mass is 555 g/mol. The summed E-state index contributed by atoms with van der Waals surface area (Å²) >= 11 is 3.14. The number of anilines is 2. The van der Waals surface area contributed by atoms with E-state index in [2.05, 4.69) is 21.2 Å². The molecule has 0 atom stereocenters. The van der Waals surface area contributed by atoms with Crippen molar-refractivity contribution in [1.82, 2.24) is 4.90 Å². The number of halogens is 3. The van der Waals surface area contributed by atoms with Gasteiger partial charge < -0.3 is 19.9 Å². The molecule has 0 aromatic heterocycles. The van der Waals surface area contributed by atoms with Crippen LogP contribution in [0.1, 0.15) is 58.8 Å². The first-order valence-corrected chi connectivity index (χ1v) is 12.6. The van der Waals surface area contributed by atoms with Crippen LogP contribution in [0.5, 0.6) is 0 Å². The van der Waals surface area contributed by atoms with E-state index >= 15 is 0 Å². The molecule has 194 valence electrons. The number of rotatable bonds is 3. The van der Waals surface area contributed by atoms with Gasteiger partial charge in [-0.15, -0.1) is 0 Å². The van der Waals surface area contributed by atoms with Crippen molar-refractivity contribution < 1.29 is 23.1 Å². The lowest BCUT2D eigenvalue weighted by molar-refractivity contribution is 0.0240. The lowest BCUT2D eigenvalue weighted by atomic mass is 10.2. The smallest absolute Gasteiger partial charge is 0.410 e. The Labute approximate surface area is 215 Å². The molecule has 0 saturated carbocycles. The van der Waals surface area contributed by atoms with Crippen LogP contribution in [0.3, 0.4) is 0 Å². The number of carbonyl (C=O) groups is 2. The maximum atomic E-state index is 14.7. The number of nitrogens with zero attached hydrogens (tertiary/aromatic N) is 2. The largest absolute Gasteiger partial charge is 0.444 e. The number of amides is 2. The van der Waals surface area contributed by atoms with Gasteiger partial charge in [-0.25, -0.2) is 13.6 Å². The summed E-state index contributed by atoms with van der Waals surface area (Å²) in [5.74, 6) is -1.85. The molecule has 2 amide bonds. The first-order valence-electron chi connectivity index (χ1n) is 11.8. The fourth-order valence-corrected chi connectivity index (χ4v) is 3.50. The minimum atomic E-state index is -0.674. The van der Waals surface area contributed by atoms with Gasteiger partial charge in [-0.05, 0) is 57.2 Å². The zero-order valence-corrected chi connectivity index (χ0v) is 23.1. The zero-order valence-electron chi connectivity index (χ0n) is 21.5. The van der Waals surface area contributed by atoms with E-state index in [-0.39, 0.29) is 17.3 Å². The standard InChI is InChI=1S/C22H24BrF2N3O3.2C2H6/c1-22(2,3)31-21(30)28-10-8-27(9-11-28)19-7-5-15(13-18(19)25)26-20(29)16-6-4-14(23)12-17(16)24;2*1-2/h4-7,12-13H,8-11H2,1-3H3,(H,26,29);2*1-2H3. The lowest BCUT2D eigenvalue weighted by Gasteiger charge is -2.36. The molecule has 1 heterocycles. The van der Waals surface area contributed by atoms with Crippen molar-refractivity contribution >= 4 is 39.3 Å². The summed E-state index contributed by atoms with van der Waals surface area (Å²) in [6, 6.07) is 8.42. The number of carbonyl (C=O) groups excluding carboxylic acids is 2. The summed E-state index contributed by atoms with van der Waals surface area (Å²) in [4.78, 5) is 27.9. The summed E-state index contributed by atoms with van der Waals surface area (Å²) in [7, 11) is 0. The molecule has 1 N–H and O–H groups in total. The van der Waals surface area contributed by atoms with Crippen LogP contribution in [0.25, 0.3) is 0 Å². The molecule has 1 fully saturated rings. The zero-order chi connectivity index (χ0) is 26.8. The second-order valence-electron chi connectivity index (χ2n) is 8.20. The predicted molar refractivity (Wildman–Crippen MR) is 141 cm³/mol. The minimum absolute atomic E-state index is 0.133. The summed E-state index contributed by atoms with van der Waals surface area (Å²) in [6.07, 6.45) is -0.383. The highest BCUT2D eigenvalue weighted by molar-refractivity contribution is 9.10. The molecule has 6 nitrogen and oxygen atoms in total. The Kier molecular flexibility index (Phi) is 12.2. The number of hydrogen-bond acceptors (Lipinski definition) is 4. The van der Waals surface area contributed by atoms with E-state index in [0.717, 1.165) is 0 Å². The normalized spacial score (nSPS) is 13.1. The van der Waals surface area contributed by atoms with Crippen molar-refractivity contribution in [2.45, 2.75) is 54.1 Å². The molecule has 1 saturated heterocycles. The van der Waals surface area contributed by atoms with Gasteiger partial charge in [0.05, 0.1) is 11.3 Å². The Morgan fingerprint density at radius 3 is 2.03 bits per heavy atom. The highest BCUT2D eigenvalue weighted by Gasteiger charge is 2.27. The third-order valence-corrected chi connectivity index (χ3v) is 5.15. The molecular formula is C26H36BrF2N3O3. The van der Waals surface area contributed by atoms with Gasteiger partial charge in [0.1, 0.15) is 17.2 Å². The molecule has 0 bridgehead atoms. The third kappa shape index (κ3) is 9.12. The van der Waals surface area contributed by atoms with Gasteiger partial charge in [0, 0.05) is 36.3 Å².